The maximum atomic E-state index is 12.9. The fraction of sp³-hybridized carbons (Fsp3) is 0.458. The molecule has 0 radical (unpaired) electrons. The molecule has 1 saturated heterocycles. The van der Waals surface area contributed by atoms with Gasteiger partial charge in [0, 0.05) is 30.0 Å². The zero-order valence-corrected chi connectivity index (χ0v) is 19.7. The summed E-state index contributed by atoms with van der Waals surface area (Å²) in [5.74, 6) is -0.472. The molecule has 1 aromatic heterocycles. The SMILES string of the molecule is CC1CCCc2nc(COC(=O)NCc3ccc4c(c3)C(=O)N(C3CCC(=O)NC3=O)C4)sc21. The first-order valence-electron chi connectivity index (χ1n) is 11.5. The van der Waals surface area contributed by atoms with Crippen molar-refractivity contribution in [3.8, 4) is 0 Å². The molecule has 1 aliphatic carbocycles. The molecule has 10 heteroatoms. The van der Waals surface area contributed by atoms with Gasteiger partial charge in [0.1, 0.15) is 17.7 Å². The van der Waals surface area contributed by atoms with Gasteiger partial charge >= 0.3 is 6.09 Å². The van der Waals surface area contributed by atoms with E-state index >= 15 is 0 Å². The molecular formula is C24H26N4O5S. The first-order chi connectivity index (χ1) is 16.4. The fourth-order valence-electron chi connectivity index (χ4n) is 4.81. The highest BCUT2D eigenvalue weighted by molar-refractivity contribution is 7.11. The summed E-state index contributed by atoms with van der Waals surface area (Å²) in [4.78, 5) is 56.2. The van der Waals surface area contributed by atoms with E-state index in [-0.39, 0.29) is 31.4 Å². The van der Waals surface area contributed by atoms with E-state index in [1.165, 1.54) is 16.2 Å². The Morgan fingerprint density at radius 2 is 2.12 bits per heavy atom. The Hall–Kier alpha value is -3.27. The molecular weight excluding hydrogens is 456 g/mol. The zero-order chi connectivity index (χ0) is 23.8. The highest BCUT2D eigenvalue weighted by atomic mass is 32.1. The van der Waals surface area contributed by atoms with Gasteiger partial charge in [0.25, 0.3) is 5.91 Å². The van der Waals surface area contributed by atoms with Gasteiger partial charge < -0.3 is 15.0 Å². The number of thiazole rings is 1. The molecule has 4 amide bonds. The van der Waals surface area contributed by atoms with E-state index in [0.717, 1.165) is 34.7 Å². The number of carbonyl (C=O) groups excluding carboxylic acids is 4. The number of benzene rings is 1. The number of hydrogen-bond donors (Lipinski definition) is 2. The van der Waals surface area contributed by atoms with Crippen molar-refractivity contribution in [1.82, 2.24) is 20.5 Å². The van der Waals surface area contributed by atoms with Gasteiger partial charge in [-0.1, -0.05) is 19.1 Å². The van der Waals surface area contributed by atoms with Crippen LogP contribution in [0.25, 0.3) is 0 Å². The number of rotatable bonds is 5. The number of aryl methyl sites for hydroxylation is 1. The van der Waals surface area contributed by atoms with Crippen molar-refractivity contribution in [3.05, 3.63) is 50.5 Å². The van der Waals surface area contributed by atoms with Crippen LogP contribution in [0.1, 0.15) is 75.6 Å². The Labute approximate surface area is 200 Å². The molecule has 2 aliphatic heterocycles. The number of alkyl carbamates (subject to hydrolysis) is 1. The highest BCUT2D eigenvalue weighted by Crippen LogP contribution is 2.35. The second kappa shape index (κ2) is 9.17. The van der Waals surface area contributed by atoms with E-state index in [1.54, 1.807) is 17.4 Å². The van der Waals surface area contributed by atoms with Crippen molar-refractivity contribution in [1.29, 1.82) is 0 Å². The minimum Gasteiger partial charge on any atom is -0.442 e. The minimum atomic E-state index is -0.645. The number of nitrogens with one attached hydrogen (secondary N) is 2. The molecule has 2 atom stereocenters. The lowest BCUT2D eigenvalue weighted by Crippen LogP contribution is -2.52. The number of aromatic nitrogens is 1. The van der Waals surface area contributed by atoms with Gasteiger partial charge in [-0.25, -0.2) is 9.78 Å². The second-order valence-electron chi connectivity index (χ2n) is 9.03. The van der Waals surface area contributed by atoms with Crippen molar-refractivity contribution < 1.29 is 23.9 Å². The predicted molar refractivity (Wildman–Crippen MR) is 123 cm³/mol. The predicted octanol–water partition coefficient (Wildman–Crippen LogP) is 2.77. The van der Waals surface area contributed by atoms with E-state index < -0.39 is 18.0 Å². The third-order valence-electron chi connectivity index (χ3n) is 6.63. The summed E-state index contributed by atoms with van der Waals surface area (Å²) in [6, 6.07) is 4.77. The van der Waals surface area contributed by atoms with Crippen LogP contribution < -0.4 is 10.6 Å². The largest absolute Gasteiger partial charge is 0.442 e. The monoisotopic (exact) mass is 482 g/mol. The first-order valence-corrected chi connectivity index (χ1v) is 12.4. The molecule has 3 heterocycles. The van der Waals surface area contributed by atoms with Crippen molar-refractivity contribution in [2.75, 3.05) is 0 Å². The molecule has 1 fully saturated rings. The van der Waals surface area contributed by atoms with Crippen LogP contribution in [-0.4, -0.2) is 39.7 Å². The highest BCUT2D eigenvalue weighted by Gasteiger charge is 2.39. The lowest BCUT2D eigenvalue weighted by atomic mass is 9.94. The number of piperidine rings is 1. The van der Waals surface area contributed by atoms with Gasteiger partial charge in [-0.15, -0.1) is 11.3 Å². The number of nitrogens with zero attached hydrogens (tertiary/aromatic N) is 2. The lowest BCUT2D eigenvalue weighted by molar-refractivity contribution is -0.136. The van der Waals surface area contributed by atoms with Crippen LogP contribution in [-0.2, 0) is 40.4 Å². The molecule has 2 N–H and O–H groups in total. The van der Waals surface area contributed by atoms with Crippen LogP contribution in [0.5, 0.6) is 0 Å². The average molecular weight is 483 g/mol. The van der Waals surface area contributed by atoms with Gasteiger partial charge in [0.15, 0.2) is 0 Å². The number of ether oxygens (including phenoxy) is 1. The summed E-state index contributed by atoms with van der Waals surface area (Å²) in [5.41, 5.74) is 3.23. The summed E-state index contributed by atoms with van der Waals surface area (Å²) in [5, 5.41) is 5.83. The second-order valence-corrected chi connectivity index (χ2v) is 10.1. The number of imide groups is 1. The molecule has 2 aromatic rings. The van der Waals surface area contributed by atoms with E-state index in [1.807, 2.05) is 12.1 Å². The van der Waals surface area contributed by atoms with Gasteiger partial charge in [-0.3, -0.25) is 19.7 Å². The third kappa shape index (κ3) is 4.42. The van der Waals surface area contributed by atoms with Crippen molar-refractivity contribution in [3.63, 3.8) is 0 Å². The molecule has 3 aliphatic rings. The molecule has 9 nitrogen and oxygen atoms in total. The quantitative estimate of drug-likeness (QED) is 0.633. The van der Waals surface area contributed by atoms with E-state index in [0.29, 0.717) is 24.4 Å². The molecule has 2 unspecified atom stereocenters. The van der Waals surface area contributed by atoms with Crippen LogP contribution >= 0.6 is 11.3 Å². The molecule has 1 aromatic carbocycles. The van der Waals surface area contributed by atoms with Crippen LogP contribution in [0.4, 0.5) is 4.79 Å². The summed E-state index contributed by atoms with van der Waals surface area (Å²) >= 11 is 1.62. The van der Waals surface area contributed by atoms with Crippen molar-refractivity contribution >= 4 is 35.2 Å². The summed E-state index contributed by atoms with van der Waals surface area (Å²) in [6.07, 6.45) is 3.30. The fourth-order valence-corrected chi connectivity index (χ4v) is 5.92. The smallest absolute Gasteiger partial charge is 0.407 e. The topological polar surface area (TPSA) is 118 Å². The van der Waals surface area contributed by atoms with Crippen LogP contribution in [0, 0.1) is 0 Å². The van der Waals surface area contributed by atoms with Gasteiger partial charge in [-0.05, 0) is 48.8 Å². The van der Waals surface area contributed by atoms with Crippen molar-refractivity contribution in [2.24, 2.45) is 0 Å². The van der Waals surface area contributed by atoms with Crippen LogP contribution in [0.15, 0.2) is 18.2 Å². The first kappa shape index (κ1) is 22.5. The summed E-state index contributed by atoms with van der Waals surface area (Å²) in [6.45, 7) is 2.88. The molecule has 5 rings (SSSR count). The molecule has 0 bridgehead atoms. The standard InChI is InChI=1S/C24H26N4O5S/c1-13-3-2-4-17-21(13)34-20(26-17)12-33-24(32)25-10-14-5-6-15-11-28(23(31)16(15)9-14)18-7-8-19(29)27-22(18)30/h5-6,9,13,18H,2-4,7-8,10-12H2,1H3,(H,25,32)(H,27,29,30). The Balaban J connectivity index is 1.15. The zero-order valence-electron chi connectivity index (χ0n) is 18.9. The molecule has 178 valence electrons. The average Bonchev–Trinajstić information content (AvgIpc) is 3.38. The Kier molecular flexibility index (Phi) is 6.07. The van der Waals surface area contributed by atoms with E-state index in [9.17, 15) is 19.2 Å². The molecule has 0 spiro atoms. The third-order valence-corrected chi connectivity index (χ3v) is 7.93. The number of hydrogen-bond acceptors (Lipinski definition) is 7. The lowest BCUT2D eigenvalue weighted by Gasteiger charge is -2.29. The molecule has 34 heavy (non-hydrogen) atoms. The Bertz CT molecular complexity index is 1180. The van der Waals surface area contributed by atoms with Gasteiger partial charge in [-0.2, -0.15) is 0 Å². The molecule has 0 saturated carbocycles. The van der Waals surface area contributed by atoms with Gasteiger partial charge in [0.2, 0.25) is 11.8 Å². The van der Waals surface area contributed by atoms with Gasteiger partial charge in [0.05, 0.1) is 5.69 Å². The van der Waals surface area contributed by atoms with Crippen molar-refractivity contribution in [2.45, 2.75) is 70.7 Å². The summed E-state index contributed by atoms with van der Waals surface area (Å²) < 4.78 is 5.34. The van der Waals surface area contributed by atoms with Crippen LogP contribution in [0.3, 0.4) is 0 Å². The summed E-state index contributed by atoms with van der Waals surface area (Å²) in [7, 11) is 0. The maximum Gasteiger partial charge on any atom is 0.407 e. The number of amides is 4. The Morgan fingerprint density at radius 1 is 1.26 bits per heavy atom. The normalized spacial score (nSPS) is 21.7. The number of fused-ring (bicyclic) bond motifs is 2. The van der Waals surface area contributed by atoms with E-state index in [2.05, 4.69) is 22.5 Å². The maximum absolute atomic E-state index is 12.9. The number of carbonyl (C=O) groups is 4. The van der Waals surface area contributed by atoms with Crippen LogP contribution in [0.2, 0.25) is 0 Å². The Morgan fingerprint density at radius 3 is 2.91 bits per heavy atom. The minimum absolute atomic E-state index is 0.139. The van der Waals surface area contributed by atoms with E-state index in [4.69, 9.17) is 4.74 Å².